The first-order chi connectivity index (χ1) is 17.7. The zero-order chi connectivity index (χ0) is 26.7. The number of nitrogens with one attached hydrogen (secondary N) is 1. The van der Waals surface area contributed by atoms with Gasteiger partial charge in [-0.2, -0.15) is 0 Å². The Morgan fingerprint density at radius 2 is 1.89 bits per heavy atom. The van der Waals surface area contributed by atoms with Crippen LogP contribution in [0.1, 0.15) is 49.7 Å². The van der Waals surface area contributed by atoms with Crippen LogP contribution in [0.5, 0.6) is 11.5 Å². The molecule has 2 aromatic carbocycles. The second kappa shape index (κ2) is 11.7. The number of hydrogen-bond donors (Lipinski definition) is 2. The molecule has 0 unspecified atom stereocenters. The van der Waals surface area contributed by atoms with Crippen molar-refractivity contribution in [3.63, 3.8) is 0 Å². The molecule has 9 heteroatoms. The summed E-state index contributed by atoms with van der Waals surface area (Å²) in [5.41, 5.74) is 3.90. The quantitative estimate of drug-likeness (QED) is 0.298. The van der Waals surface area contributed by atoms with Crippen LogP contribution in [0.15, 0.2) is 63.4 Å². The standard InChI is InChI=1S/C28H29BrClNO6/c1-4-36-9-10-37-28(34)24-15(2)31-21-12-17(16-5-7-19(30)8-6-16)13-22(32)26(21)25(24)18-11-20(29)27(33)23(14-18)35-3/h5-8,11,14,17,25,31,33H,4,9-10,12-13H2,1-3H3/t17-,25+/m1/s1. The molecule has 7 nitrogen and oxygen atoms in total. The van der Waals surface area contributed by atoms with Crippen molar-refractivity contribution in [2.45, 2.75) is 38.5 Å². The van der Waals surface area contributed by atoms with Gasteiger partial charge in [0.15, 0.2) is 17.3 Å². The van der Waals surface area contributed by atoms with E-state index >= 15 is 0 Å². The highest BCUT2D eigenvalue weighted by molar-refractivity contribution is 9.10. The van der Waals surface area contributed by atoms with Crippen LogP contribution in [0.3, 0.4) is 0 Å². The fourth-order valence-corrected chi connectivity index (χ4v) is 5.53. The molecule has 0 fully saturated rings. The van der Waals surface area contributed by atoms with Gasteiger partial charge in [0.2, 0.25) is 0 Å². The molecule has 2 atom stereocenters. The minimum absolute atomic E-state index is 0.0229. The van der Waals surface area contributed by atoms with Crippen molar-refractivity contribution in [2.75, 3.05) is 26.9 Å². The molecule has 2 aromatic rings. The lowest BCUT2D eigenvalue weighted by Gasteiger charge is -2.37. The fraction of sp³-hybridized carbons (Fsp3) is 0.357. The Bertz CT molecular complexity index is 1270. The van der Waals surface area contributed by atoms with Crippen molar-refractivity contribution in [3.05, 3.63) is 79.6 Å². The first-order valence-corrected chi connectivity index (χ1v) is 13.2. The Morgan fingerprint density at radius 3 is 2.57 bits per heavy atom. The van der Waals surface area contributed by atoms with E-state index in [-0.39, 0.29) is 36.4 Å². The first kappa shape index (κ1) is 27.2. The summed E-state index contributed by atoms with van der Waals surface area (Å²) in [7, 11) is 1.45. The summed E-state index contributed by atoms with van der Waals surface area (Å²) in [6.45, 7) is 4.56. The summed E-state index contributed by atoms with van der Waals surface area (Å²) < 4.78 is 16.6. The van der Waals surface area contributed by atoms with Crippen LogP contribution in [0, 0.1) is 0 Å². The minimum Gasteiger partial charge on any atom is -0.503 e. The normalized spacial score (nSPS) is 19.4. The maximum atomic E-state index is 13.7. The number of ketones is 1. The van der Waals surface area contributed by atoms with Gasteiger partial charge in [-0.15, -0.1) is 0 Å². The lowest BCUT2D eigenvalue weighted by Crippen LogP contribution is -2.36. The summed E-state index contributed by atoms with van der Waals surface area (Å²) in [6, 6.07) is 10.9. The van der Waals surface area contributed by atoms with Crippen molar-refractivity contribution in [3.8, 4) is 11.5 Å². The third kappa shape index (κ3) is 5.71. The molecule has 0 radical (unpaired) electrons. The number of esters is 1. The molecule has 1 aliphatic heterocycles. The van der Waals surface area contributed by atoms with Crippen LogP contribution < -0.4 is 10.1 Å². The zero-order valence-electron chi connectivity index (χ0n) is 20.9. The fourth-order valence-electron chi connectivity index (χ4n) is 4.95. The topological polar surface area (TPSA) is 94.1 Å². The summed E-state index contributed by atoms with van der Waals surface area (Å²) in [5, 5.41) is 14.4. The van der Waals surface area contributed by atoms with Crippen molar-refractivity contribution in [1.82, 2.24) is 5.32 Å². The van der Waals surface area contributed by atoms with E-state index in [0.29, 0.717) is 51.4 Å². The molecule has 2 N–H and O–H groups in total. The lowest BCUT2D eigenvalue weighted by atomic mass is 9.71. The molecule has 0 saturated heterocycles. The summed E-state index contributed by atoms with van der Waals surface area (Å²) in [5.74, 6) is -1.14. The number of phenols is 1. The molecular formula is C28H29BrClNO6. The van der Waals surface area contributed by atoms with E-state index in [9.17, 15) is 14.7 Å². The van der Waals surface area contributed by atoms with Crippen molar-refractivity contribution < 1.29 is 28.9 Å². The van der Waals surface area contributed by atoms with E-state index in [0.717, 1.165) is 11.3 Å². The monoisotopic (exact) mass is 589 g/mol. The van der Waals surface area contributed by atoms with Gasteiger partial charge in [-0.1, -0.05) is 23.7 Å². The highest BCUT2D eigenvalue weighted by Crippen LogP contribution is 2.48. The number of carbonyl (C=O) groups is 2. The van der Waals surface area contributed by atoms with Gasteiger partial charge in [0.25, 0.3) is 0 Å². The number of allylic oxidation sites excluding steroid dienone is 3. The van der Waals surface area contributed by atoms with Crippen molar-refractivity contribution in [2.24, 2.45) is 0 Å². The van der Waals surface area contributed by atoms with E-state index in [4.69, 9.17) is 25.8 Å². The summed E-state index contributed by atoms with van der Waals surface area (Å²) in [4.78, 5) is 27.1. The van der Waals surface area contributed by atoms with Gasteiger partial charge >= 0.3 is 5.97 Å². The molecule has 4 rings (SSSR count). The van der Waals surface area contributed by atoms with Gasteiger partial charge < -0.3 is 24.6 Å². The lowest BCUT2D eigenvalue weighted by molar-refractivity contribution is -0.140. The van der Waals surface area contributed by atoms with Gasteiger partial charge in [-0.05, 0) is 77.5 Å². The number of halogens is 2. The molecule has 196 valence electrons. The number of benzene rings is 2. The molecule has 0 spiro atoms. The highest BCUT2D eigenvalue weighted by atomic mass is 79.9. The number of aromatic hydroxyl groups is 1. The molecule has 2 aliphatic rings. The number of methoxy groups -OCH3 is 1. The Kier molecular flexibility index (Phi) is 8.62. The average molecular weight is 591 g/mol. The van der Waals surface area contributed by atoms with Gasteiger partial charge in [0, 0.05) is 40.9 Å². The third-order valence-electron chi connectivity index (χ3n) is 6.66. The van der Waals surface area contributed by atoms with E-state index in [1.807, 2.05) is 31.2 Å². The van der Waals surface area contributed by atoms with Crippen LogP contribution >= 0.6 is 27.5 Å². The van der Waals surface area contributed by atoms with Gasteiger partial charge in [-0.25, -0.2) is 4.79 Å². The highest BCUT2D eigenvalue weighted by Gasteiger charge is 2.42. The Morgan fingerprint density at radius 1 is 1.16 bits per heavy atom. The maximum Gasteiger partial charge on any atom is 0.336 e. The molecule has 0 amide bonds. The predicted molar refractivity (Wildman–Crippen MR) is 144 cm³/mol. The number of carbonyl (C=O) groups excluding carboxylic acids is 2. The largest absolute Gasteiger partial charge is 0.503 e. The second-order valence-electron chi connectivity index (χ2n) is 8.96. The van der Waals surface area contributed by atoms with E-state index in [1.165, 1.54) is 7.11 Å². The molecule has 1 heterocycles. The van der Waals surface area contributed by atoms with Crippen molar-refractivity contribution >= 4 is 39.3 Å². The summed E-state index contributed by atoms with van der Waals surface area (Å²) in [6.07, 6.45) is 0.889. The Balaban J connectivity index is 1.78. The second-order valence-corrected chi connectivity index (χ2v) is 10.2. The Hall–Kier alpha value is -2.81. The molecule has 0 aromatic heterocycles. The number of phenolic OH excluding ortho intramolecular Hbond substituents is 1. The van der Waals surface area contributed by atoms with E-state index in [2.05, 4.69) is 21.2 Å². The minimum atomic E-state index is -0.694. The van der Waals surface area contributed by atoms with Gasteiger partial charge in [-0.3, -0.25) is 4.79 Å². The van der Waals surface area contributed by atoms with E-state index in [1.54, 1.807) is 19.1 Å². The number of Topliss-reactive ketones (excluding diaryl/α,β-unsaturated/α-hetero) is 1. The number of hydrogen-bond acceptors (Lipinski definition) is 7. The number of rotatable bonds is 8. The number of ether oxygens (including phenoxy) is 3. The number of dihydropyridines is 1. The van der Waals surface area contributed by atoms with Crippen LogP contribution in [0.25, 0.3) is 0 Å². The Labute approximate surface area is 229 Å². The van der Waals surface area contributed by atoms with Crippen LogP contribution in [-0.4, -0.2) is 43.8 Å². The van der Waals surface area contributed by atoms with Crippen molar-refractivity contribution in [1.29, 1.82) is 0 Å². The summed E-state index contributed by atoms with van der Waals surface area (Å²) >= 11 is 9.44. The van der Waals surface area contributed by atoms with Gasteiger partial charge in [0.1, 0.15) is 6.61 Å². The third-order valence-corrected chi connectivity index (χ3v) is 7.51. The smallest absolute Gasteiger partial charge is 0.336 e. The van der Waals surface area contributed by atoms with Crippen LogP contribution in [-0.2, 0) is 19.1 Å². The molecule has 0 bridgehead atoms. The van der Waals surface area contributed by atoms with Crippen LogP contribution in [0.4, 0.5) is 0 Å². The molecule has 37 heavy (non-hydrogen) atoms. The molecule has 0 saturated carbocycles. The average Bonchev–Trinajstić information content (AvgIpc) is 2.87. The molecular weight excluding hydrogens is 562 g/mol. The predicted octanol–water partition coefficient (Wildman–Crippen LogP) is 5.76. The zero-order valence-corrected chi connectivity index (χ0v) is 23.2. The molecule has 1 aliphatic carbocycles. The first-order valence-electron chi connectivity index (χ1n) is 12.1. The maximum absolute atomic E-state index is 13.7. The van der Waals surface area contributed by atoms with Crippen LogP contribution in [0.2, 0.25) is 5.02 Å². The van der Waals surface area contributed by atoms with E-state index < -0.39 is 11.9 Å². The SMILES string of the molecule is CCOCCOC(=O)C1=C(C)NC2=C(C(=O)C[C@H](c3ccc(Cl)cc3)C2)[C@H]1c1cc(Br)c(O)c(OC)c1. The van der Waals surface area contributed by atoms with Gasteiger partial charge in [0.05, 0.1) is 23.8 Å².